The molecular weight excluding hydrogens is 387 g/mol. The lowest BCUT2D eigenvalue weighted by Gasteiger charge is -2.29. The van der Waals surface area contributed by atoms with Gasteiger partial charge in [0.2, 0.25) is 5.91 Å². The number of aromatic nitrogens is 1. The number of hydrogen-bond acceptors (Lipinski definition) is 4. The van der Waals surface area contributed by atoms with Crippen molar-refractivity contribution in [1.82, 2.24) is 14.8 Å². The van der Waals surface area contributed by atoms with Crippen molar-refractivity contribution < 1.29 is 14.0 Å². The molecule has 8 heteroatoms. The Balaban J connectivity index is 1.60. The van der Waals surface area contributed by atoms with E-state index in [2.05, 4.69) is 15.5 Å². The molecular formula is C22H27FN4O3. The zero-order valence-corrected chi connectivity index (χ0v) is 17.1. The van der Waals surface area contributed by atoms with E-state index in [9.17, 15) is 18.8 Å². The van der Waals surface area contributed by atoms with Gasteiger partial charge in [0.25, 0.3) is 11.5 Å². The number of benzene rings is 1. The van der Waals surface area contributed by atoms with Gasteiger partial charge in [-0.3, -0.25) is 14.4 Å². The van der Waals surface area contributed by atoms with Crippen molar-refractivity contribution in [2.45, 2.75) is 38.8 Å². The normalized spacial score (nSPS) is 15.4. The Bertz CT molecular complexity index is 936. The van der Waals surface area contributed by atoms with Crippen LogP contribution in [0.5, 0.6) is 0 Å². The SMILES string of the molecule is C[C@@H](CN1CCCCC1)NC(=O)c1cccn(CC(=O)Nc2ccc(F)cc2)c1=O. The molecule has 1 atom stereocenters. The molecule has 160 valence electrons. The van der Waals surface area contributed by atoms with Crippen molar-refractivity contribution in [3.8, 4) is 0 Å². The largest absolute Gasteiger partial charge is 0.348 e. The van der Waals surface area contributed by atoms with Gasteiger partial charge in [0.15, 0.2) is 0 Å². The average molecular weight is 414 g/mol. The predicted molar refractivity (Wildman–Crippen MR) is 113 cm³/mol. The highest BCUT2D eigenvalue weighted by molar-refractivity contribution is 5.94. The van der Waals surface area contributed by atoms with E-state index in [-0.39, 0.29) is 18.2 Å². The van der Waals surface area contributed by atoms with Crippen LogP contribution in [0.25, 0.3) is 0 Å². The third-order valence-corrected chi connectivity index (χ3v) is 5.06. The van der Waals surface area contributed by atoms with Crippen molar-refractivity contribution in [3.63, 3.8) is 0 Å². The van der Waals surface area contributed by atoms with Gasteiger partial charge in [0.05, 0.1) is 0 Å². The second kappa shape index (κ2) is 10.2. The number of anilines is 1. The van der Waals surface area contributed by atoms with Crippen molar-refractivity contribution in [3.05, 3.63) is 64.3 Å². The van der Waals surface area contributed by atoms with Crippen molar-refractivity contribution in [2.75, 3.05) is 25.0 Å². The molecule has 2 amide bonds. The standard InChI is InChI=1S/C22H27FN4O3/c1-16(14-26-11-3-2-4-12-26)24-21(29)19-6-5-13-27(22(19)30)15-20(28)25-18-9-7-17(23)8-10-18/h5-10,13,16H,2-4,11-12,14-15H2,1H3,(H,24,29)(H,25,28)/t16-/m0/s1. The Morgan fingerprint density at radius 2 is 1.80 bits per heavy atom. The molecule has 0 bridgehead atoms. The van der Waals surface area contributed by atoms with E-state index in [0.717, 1.165) is 19.6 Å². The van der Waals surface area contributed by atoms with Crippen LogP contribution in [-0.4, -0.2) is 47.0 Å². The second-order valence-corrected chi connectivity index (χ2v) is 7.65. The van der Waals surface area contributed by atoms with Gasteiger partial charge >= 0.3 is 0 Å². The number of likely N-dealkylation sites (tertiary alicyclic amines) is 1. The molecule has 0 saturated carbocycles. The third kappa shape index (κ3) is 6.00. The molecule has 1 fully saturated rings. The van der Waals surface area contributed by atoms with E-state index in [0.29, 0.717) is 5.69 Å². The van der Waals surface area contributed by atoms with Crippen LogP contribution in [0.1, 0.15) is 36.5 Å². The number of amides is 2. The zero-order chi connectivity index (χ0) is 21.5. The number of hydrogen-bond donors (Lipinski definition) is 2. The number of carbonyl (C=O) groups is 2. The van der Waals surface area contributed by atoms with Crippen molar-refractivity contribution >= 4 is 17.5 Å². The summed E-state index contributed by atoms with van der Waals surface area (Å²) in [5.74, 6) is -1.30. The van der Waals surface area contributed by atoms with Gasteiger partial charge in [-0.05, 0) is 69.3 Å². The molecule has 3 rings (SSSR count). The maximum atomic E-state index is 13.0. The summed E-state index contributed by atoms with van der Waals surface area (Å²) in [6.07, 6.45) is 5.05. The van der Waals surface area contributed by atoms with Gasteiger partial charge in [0.1, 0.15) is 17.9 Å². The van der Waals surface area contributed by atoms with E-state index in [1.54, 1.807) is 6.07 Å². The minimum absolute atomic E-state index is 0.00224. The summed E-state index contributed by atoms with van der Waals surface area (Å²) in [5, 5.41) is 5.48. The van der Waals surface area contributed by atoms with Crippen LogP contribution in [-0.2, 0) is 11.3 Å². The summed E-state index contributed by atoms with van der Waals surface area (Å²) < 4.78 is 14.2. The van der Waals surface area contributed by atoms with Crippen LogP contribution in [0.3, 0.4) is 0 Å². The topological polar surface area (TPSA) is 83.4 Å². The maximum absolute atomic E-state index is 13.0. The molecule has 1 aromatic heterocycles. The molecule has 1 aromatic carbocycles. The van der Waals surface area contributed by atoms with Crippen LogP contribution < -0.4 is 16.2 Å². The highest BCUT2D eigenvalue weighted by Gasteiger charge is 2.18. The number of piperidine rings is 1. The quantitative estimate of drug-likeness (QED) is 0.728. The summed E-state index contributed by atoms with van der Waals surface area (Å²) in [6, 6.07) is 8.27. The minimum Gasteiger partial charge on any atom is -0.348 e. The van der Waals surface area contributed by atoms with Gasteiger partial charge in [-0.2, -0.15) is 0 Å². The fourth-order valence-corrected chi connectivity index (χ4v) is 3.60. The first-order valence-corrected chi connectivity index (χ1v) is 10.2. The molecule has 1 aliphatic rings. The number of pyridine rings is 1. The Morgan fingerprint density at radius 3 is 2.50 bits per heavy atom. The van der Waals surface area contributed by atoms with Crippen molar-refractivity contribution in [2.24, 2.45) is 0 Å². The maximum Gasteiger partial charge on any atom is 0.263 e. The molecule has 0 spiro atoms. The molecule has 1 aliphatic heterocycles. The summed E-state index contributed by atoms with van der Waals surface area (Å²) in [6.45, 7) is 4.47. The number of nitrogens with one attached hydrogen (secondary N) is 2. The Labute approximate surface area is 174 Å². The molecule has 0 aliphatic carbocycles. The minimum atomic E-state index is -0.533. The average Bonchev–Trinajstić information content (AvgIpc) is 2.72. The first-order valence-electron chi connectivity index (χ1n) is 10.2. The number of halogens is 1. The lowest BCUT2D eigenvalue weighted by atomic mass is 10.1. The Kier molecular flexibility index (Phi) is 7.35. The molecule has 30 heavy (non-hydrogen) atoms. The van der Waals surface area contributed by atoms with Crippen LogP contribution >= 0.6 is 0 Å². The number of rotatable bonds is 7. The first-order chi connectivity index (χ1) is 14.4. The van der Waals surface area contributed by atoms with Gasteiger partial charge in [-0.15, -0.1) is 0 Å². The second-order valence-electron chi connectivity index (χ2n) is 7.65. The molecule has 2 heterocycles. The summed E-state index contributed by atoms with van der Waals surface area (Å²) in [5.41, 5.74) is -0.109. The number of carbonyl (C=O) groups excluding carboxylic acids is 2. The van der Waals surface area contributed by atoms with Gasteiger partial charge in [-0.1, -0.05) is 6.42 Å². The van der Waals surface area contributed by atoms with E-state index < -0.39 is 23.2 Å². The molecule has 2 N–H and O–H groups in total. The van der Waals surface area contributed by atoms with Crippen LogP contribution in [0.2, 0.25) is 0 Å². The summed E-state index contributed by atoms with van der Waals surface area (Å²) in [4.78, 5) is 39.8. The molecule has 0 radical (unpaired) electrons. The van der Waals surface area contributed by atoms with Gasteiger partial charge < -0.3 is 20.1 Å². The third-order valence-electron chi connectivity index (χ3n) is 5.06. The van der Waals surface area contributed by atoms with E-state index in [4.69, 9.17) is 0 Å². The number of nitrogens with zero attached hydrogens (tertiary/aromatic N) is 2. The monoisotopic (exact) mass is 414 g/mol. The molecule has 2 aromatic rings. The van der Waals surface area contributed by atoms with Crippen LogP contribution in [0.15, 0.2) is 47.4 Å². The smallest absolute Gasteiger partial charge is 0.263 e. The molecule has 1 saturated heterocycles. The predicted octanol–water partition coefficient (Wildman–Crippen LogP) is 2.23. The van der Waals surface area contributed by atoms with E-state index >= 15 is 0 Å². The van der Waals surface area contributed by atoms with Gasteiger partial charge in [0, 0.05) is 24.5 Å². The molecule has 7 nitrogen and oxygen atoms in total. The van der Waals surface area contributed by atoms with E-state index in [1.807, 2.05) is 6.92 Å². The Morgan fingerprint density at radius 1 is 1.10 bits per heavy atom. The fraction of sp³-hybridized carbons (Fsp3) is 0.409. The zero-order valence-electron chi connectivity index (χ0n) is 17.1. The summed E-state index contributed by atoms with van der Waals surface area (Å²) >= 11 is 0. The highest BCUT2D eigenvalue weighted by atomic mass is 19.1. The first kappa shape index (κ1) is 21.7. The molecule has 0 unspecified atom stereocenters. The lowest BCUT2D eigenvalue weighted by molar-refractivity contribution is -0.116. The highest BCUT2D eigenvalue weighted by Crippen LogP contribution is 2.09. The lowest BCUT2D eigenvalue weighted by Crippen LogP contribution is -2.45. The van der Waals surface area contributed by atoms with Crippen molar-refractivity contribution in [1.29, 1.82) is 0 Å². The van der Waals surface area contributed by atoms with Crippen LogP contribution in [0.4, 0.5) is 10.1 Å². The van der Waals surface area contributed by atoms with Gasteiger partial charge in [-0.25, -0.2) is 4.39 Å². The van der Waals surface area contributed by atoms with Crippen LogP contribution in [0, 0.1) is 5.82 Å². The fourth-order valence-electron chi connectivity index (χ4n) is 3.60. The Hall–Kier alpha value is -3.00. The summed E-state index contributed by atoms with van der Waals surface area (Å²) in [7, 11) is 0. The van der Waals surface area contributed by atoms with E-state index in [1.165, 1.54) is 60.4 Å².